The summed E-state index contributed by atoms with van der Waals surface area (Å²) in [6.07, 6.45) is 0. The lowest BCUT2D eigenvalue weighted by molar-refractivity contribution is 0.272. The molecule has 0 bridgehead atoms. The van der Waals surface area contributed by atoms with E-state index in [9.17, 15) is 10.4 Å². The SMILES string of the molecule is N#CC(=C(O)COc1ccc(Cl)cc1)c1nc2ccccc2[nH]1. The molecule has 23 heavy (non-hydrogen) atoms. The van der Waals surface area contributed by atoms with Gasteiger partial charge >= 0.3 is 0 Å². The molecule has 0 atom stereocenters. The van der Waals surface area contributed by atoms with Crippen LogP contribution in [0, 0.1) is 11.3 Å². The van der Waals surface area contributed by atoms with E-state index in [2.05, 4.69) is 9.97 Å². The van der Waals surface area contributed by atoms with Gasteiger partial charge in [0.25, 0.3) is 0 Å². The van der Waals surface area contributed by atoms with Crippen molar-refractivity contribution in [2.75, 3.05) is 6.61 Å². The number of halogens is 1. The quantitative estimate of drug-likeness (QED) is 0.559. The van der Waals surface area contributed by atoms with E-state index in [0.717, 1.165) is 11.0 Å². The van der Waals surface area contributed by atoms with Crippen molar-refractivity contribution in [2.45, 2.75) is 0 Å². The highest BCUT2D eigenvalue weighted by Crippen LogP contribution is 2.20. The molecule has 5 nitrogen and oxygen atoms in total. The highest BCUT2D eigenvalue weighted by molar-refractivity contribution is 6.30. The van der Waals surface area contributed by atoms with Gasteiger partial charge in [-0.25, -0.2) is 4.98 Å². The van der Waals surface area contributed by atoms with E-state index in [1.165, 1.54) is 0 Å². The third-order valence-corrected chi connectivity index (χ3v) is 3.47. The maximum Gasteiger partial charge on any atom is 0.152 e. The summed E-state index contributed by atoms with van der Waals surface area (Å²) in [4.78, 5) is 7.31. The van der Waals surface area contributed by atoms with Crippen LogP contribution >= 0.6 is 11.6 Å². The van der Waals surface area contributed by atoms with E-state index < -0.39 is 0 Å². The van der Waals surface area contributed by atoms with Crippen LogP contribution in [-0.2, 0) is 0 Å². The van der Waals surface area contributed by atoms with Crippen LogP contribution in [0.4, 0.5) is 0 Å². The second-order valence-corrected chi connectivity index (χ2v) is 5.22. The van der Waals surface area contributed by atoms with Gasteiger partial charge in [-0.1, -0.05) is 23.7 Å². The van der Waals surface area contributed by atoms with Crippen molar-refractivity contribution in [3.8, 4) is 11.8 Å². The molecule has 0 aliphatic carbocycles. The highest BCUT2D eigenvalue weighted by atomic mass is 35.5. The van der Waals surface area contributed by atoms with Gasteiger partial charge < -0.3 is 14.8 Å². The maximum absolute atomic E-state index is 10.1. The van der Waals surface area contributed by atoms with E-state index in [1.807, 2.05) is 30.3 Å². The predicted molar refractivity (Wildman–Crippen MR) is 88.2 cm³/mol. The number of imidazole rings is 1. The van der Waals surface area contributed by atoms with Crippen LogP contribution in [0.2, 0.25) is 5.02 Å². The van der Waals surface area contributed by atoms with E-state index in [0.29, 0.717) is 16.6 Å². The number of benzene rings is 2. The number of aliphatic hydroxyl groups excluding tert-OH is 1. The Balaban J connectivity index is 1.84. The average Bonchev–Trinajstić information content (AvgIpc) is 2.98. The van der Waals surface area contributed by atoms with Gasteiger partial charge in [0.15, 0.2) is 11.6 Å². The molecular formula is C17H12ClN3O2. The van der Waals surface area contributed by atoms with E-state index in [4.69, 9.17) is 16.3 Å². The van der Waals surface area contributed by atoms with Crippen molar-refractivity contribution in [1.29, 1.82) is 5.26 Å². The summed E-state index contributed by atoms with van der Waals surface area (Å²) < 4.78 is 5.44. The average molecular weight is 326 g/mol. The molecule has 3 rings (SSSR count). The van der Waals surface area contributed by atoms with Gasteiger partial charge in [-0.15, -0.1) is 0 Å². The van der Waals surface area contributed by atoms with Crippen LogP contribution < -0.4 is 4.74 Å². The minimum atomic E-state index is -0.193. The molecule has 6 heteroatoms. The fourth-order valence-electron chi connectivity index (χ4n) is 2.08. The first kappa shape index (κ1) is 14.9. The smallest absolute Gasteiger partial charge is 0.152 e. The predicted octanol–water partition coefficient (Wildman–Crippen LogP) is 4.09. The zero-order chi connectivity index (χ0) is 16.2. The number of nitrogens with zero attached hydrogens (tertiary/aromatic N) is 2. The molecule has 2 N–H and O–H groups in total. The zero-order valence-corrected chi connectivity index (χ0v) is 12.7. The normalized spacial score (nSPS) is 11.8. The molecule has 0 aliphatic heterocycles. The van der Waals surface area contributed by atoms with Crippen molar-refractivity contribution in [2.24, 2.45) is 0 Å². The molecule has 2 aromatic carbocycles. The van der Waals surface area contributed by atoms with Crippen LogP contribution in [0.25, 0.3) is 16.6 Å². The van der Waals surface area contributed by atoms with Gasteiger partial charge in [0, 0.05) is 5.02 Å². The van der Waals surface area contributed by atoms with Gasteiger partial charge in [0.2, 0.25) is 0 Å². The number of para-hydroxylation sites is 2. The summed E-state index contributed by atoms with van der Waals surface area (Å²) in [6.45, 7) is -0.137. The summed E-state index contributed by atoms with van der Waals surface area (Å²) in [5.74, 6) is 0.662. The summed E-state index contributed by atoms with van der Waals surface area (Å²) >= 11 is 5.80. The first-order valence-corrected chi connectivity index (χ1v) is 7.21. The summed E-state index contributed by atoms with van der Waals surface area (Å²) in [6, 6.07) is 16.1. The lowest BCUT2D eigenvalue weighted by Crippen LogP contribution is -2.04. The maximum atomic E-state index is 10.1. The van der Waals surface area contributed by atoms with Crippen molar-refractivity contribution in [3.05, 3.63) is 65.1 Å². The van der Waals surface area contributed by atoms with Crippen molar-refractivity contribution in [1.82, 2.24) is 9.97 Å². The number of aromatic nitrogens is 2. The molecule has 0 radical (unpaired) electrons. The molecule has 0 unspecified atom stereocenters. The number of hydrogen-bond acceptors (Lipinski definition) is 4. The Morgan fingerprint density at radius 1 is 1.22 bits per heavy atom. The van der Waals surface area contributed by atoms with Gasteiger partial charge in [0.1, 0.15) is 24.0 Å². The molecule has 0 saturated heterocycles. The van der Waals surface area contributed by atoms with Crippen LogP contribution in [0.3, 0.4) is 0 Å². The number of allylic oxidation sites excluding steroid dienone is 1. The number of rotatable bonds is 4. The fraction of sp³-hybridized carbons (Fsp3) is 0.0588. The molecule has 1 aromatic heterocycles. The van der Waals surface area contributed by atoms with Crippen LogP contribution in [0.1, 0.15) is 5.82 Å². The molecule has 0 aliphatic rings. The number of nitriles is 1. The number of ether oxygens (including phenoxy) is 1. The van der Waals surface area contributed by atoms with E-state index >= 15 is 0 Å². The van der Waals surface area contributed by atoms with Gasteiger partial charge in [-0.2, -0.15) is 5.26 Å². The summed E-state index contributed by atoms with van der Waals surface area (Å²) in [5.41, 5.74) is 1.57. The third kappa shape index (κ3) is 3.28. The number of H-pyrrole nitrogens is 1. The van der Waals surface area contributed by atoms with Gasteiger partial charge in [-0.05, 0) is 36.4 Å². The lowest BCUT2D eigenvalue weighted by atomic mass is 10.2. The number of nitrogens with one attached hydrogen (secondary N) is 1. The number of aromatic amines is 1. The molecule has 0 spiro atoms. The monoisotopic (exact) mass is 325 g/mol. The minimum Gasteiger partial charge on any atom is -0.507 e. The van der Waals surface area contributed by atoms with Crippen LogP contribution in [0.15, 0.2) is 54.3 Å². The standard InChI is InChI=1S/C17H12ClN3O2/c18-11-5-7-12(8-6-11)23-10-16(22)13(9-19)17-20-14-3-1-2-4-15(14)21-17/h1-8,22H,10H2,(H,20,21). The second-order valence-electron chi connectivity index (χ2n) is 4.78. The van der Waals surface area contributed by atoms with Crippen molar-refractivity contribution in [3.63, 3.8) is 0 Å². The minimum absolute atomic E-state index is 0.0511. The Kier molecular flexibility index (Phi) is 4.18. The molecule has 0 fully saturated rings. The Morgan fingerprint density at radius 2 is 1.96 bits per heavy atom. The van der Waals surface area contributed by atoms with Crippen LogP contribution in [0.5, 0.6) is 5.75 Å². The molecule has 3 aromatic rings. The topological polar surface area (TPSA) is 81.9 Å². The first-order valence-electron chi connectivity index (χ1n) is 6.83. The Hall–Kier alpha value is -2.97. The molecular weight excluding hydrogens is 314 g/mol. The summed E-state index contributed by atoms with van der Waals surface area (Å²) in [5, 5.41) is 20.1. The largest absolute Gasteiger partial charge is 0.507 e. The first-order chi connectivity index (χ1) is 11.2. The van der Waals surface area contributed by atoms with E-state index in [-0.39, 0.29) is 17.9 Å². The second kappa shape index (κ2) is 6.42. The van der Waals surface area contributed by atoms with Crippen molar-refractivity contribution < 1.29 is 9.84 Å². The van der Waals surface area contributed by atoms with Gasteiger partial charge in [0.05, 0.1) is 11.0 Å². The Morgan fingerprint density at radius 3 is 2.65 bits per heavy atom. The van der Waals surface area contributed by atoms with Crippen molar-refractivity contribution >= 4 is 28.2 Å². The molecule has 0 saturated carbocycles. The fourth-order valence-corrected chi connectivity index (χ4v) is 2.21. The Labute approximate surface area is 137 Å². The number of aliphatic hydroxyl groups is 1. The highest BCUT2D eigenvalue weighted by Gasteiger charge is 2.13. The molecule has 114 valence electrons. The number of hydrogen-bond donors (Lipinski definition) is 2. The Bertz CT molecular complexity index is 874. The number of fused-ring (bicyclic) bond motifs is 1. The lowest BCUT2D eigenvalue weighted by Gasteiger charge is -2.06. The summed E-state index contributed by atoms with van der Waals surface area (Å²) in [7, 11) is 0. The van der Waals surface area contributed by atoms with Crippen LogP contribution in [-0.4, -0.2) is 21.7 Å². The molecule has 0 amide bonds. The third-order valence-electron chi connectivity index (χ3n) is 3.22. The van der Waals surface area contributed by atoms with E-state index in [1.54, 1.807) is 24.3 Å². The molecule has 1 heterocycles. The van der Waals surface area contributed by atoms with Gasteiger partial charge in [-0.3, -0.25) is 0 Å². The zero-order valence-electron chi connectivity index (χ0n) is 12.0.